The van der Waals surface area contributed by atoms with Crippen molar-refractivity contribution in [1.29, 1.82) is 0 Å². The second kappa shape index (κ2) is 10.5. The number of rotatable bonds is 5. The Balaban J connectivity index is 0.00000264. The van der Waals surface area contributed by atoms with Crippen molar-refractivity contribution in [2.24, 2.45) is 10.9 Å². The zero-order valence-corrected chi connectivity index (χ0v) is 17.9. The minimum absolute atomic E-state index is 0. The molecule has 0 bridgehead atoms. The lowest BCUT2D eigenvalue weighted by Gasteiger charge is -2.34. The maximum Gasteiger partial charge on any atom is 0.193 e. The van der Waals surface area contributed by atoms with Gasteiger partial charge in [-0.2, -0.15) is 0 Å². The second-order valence-electron chi connectivity index (χ2n) is 6.38. The highest BCUT2D eigenvalue weighted by atomic mass is 127. The Morgan fingerprint density at radius 1 is 1.52 bits per heavy atom. The average Bonchev–Trinajstić information content (AvgIpc) is 3.00. The highest BCUT2D eigenvalue weighted by Crippen LogP contribution is 2.23. The van der Waals surface area contributed by atoms with Gasteiger partial charge in [0, 0.05) is 24.5 Å². The third-order valence-corrected chi connectivity index (χ3v) is 5.17. The molecule has 0 radical (unpaired) electrons. The number of nitrogens with zero attached hydrogens (tertiary/aromatic N) is 3. The second-order valence-corrected chi connectivity index (χ2v) is 7.36. The minimum Gasteiger partial charge on any atom is -0.357 e. The molecule has 0 amide bonds. The molecule has 23 heavy (non-hydrogen) atoms. The number of nitrogens with one attached hydrogen (secondary N) is 1. The molecule has 1 aromatic heterocycles. The highest BCUT2D eigenvalue weighted by molar-refractivity contribution is 14.0. The quantitative estimate of drug-likeness (QED) is 0.422. The van der Waals surface area contributed by atoms with Crippen molar-refractivity contribution < 1.29 is 0 Å². The minimum atomic E-state index is 0. The van der Waals surface area contributed by atoms with Crippen LogP contribution in [0.2, 0.25) is 0 Å². The first kappa shape index (κ1) is 20.7. The largest absolute Gasteiger partial charge is 0.357 e. The molecule has 6 heteroatoms. The summed E-state index contributed by atoms with van der Waals surface area (Å²) < 4.78 is 0. The summed E-state index contributed by atoms with van der Waals surface area (Å²) in [5.74, 6) is 1.84. The molecule has 2 rings (SSSR count). The Morgan fingerprint density at radius 3 is 2.87 bits per heavy atom. The van der Waals surface area contributed by atoms with E-state index in [1.54, 1.807) is 0 Å². The molecule has 0 saturated carbocycles. The van der Waals surface area contributed by atoms with Gasteiger partial charge in [-0.1, -0.05) is 13.0 Å². The first-order valence-corrected chi connectivity index (χ1v) is 9.22. The lowest BCUT2D eigenvalue weighted by atomic mass is 10.0. The van der Waals surface area contributed by atoms with E-state index in [9.17, 15) is 0 Å². The fourth-order valence-corrected chi connectivity index (χ4v) is 3.88. The number of hydrogen-bond donors (Lipinski definition) is 1. The van der Waals surface area contributed by atoms with Crippen LogP contribution in [0.4, 0.5) is 0 Å². The van der Waals surface area contributed by atoms with Crippen molar-refractivity contribution in [1.82, 2.24) is 15.1 Å². The van der Waals surface area contributed by atoms with Crippen molar-refractivity contribution in [3.05, 3.63) is 22.4 Å². The Bertz CT molecular complexity index is 461. The van der Waals surface area contributed by atoms with E-state index < -0.39 is 0 Å². The standard InChI is InChI=1S/C17H30N4S.HI/c1-5-18-17(21-10-6-8-14(2)13-21)19-12-15(20(3)4)16-9-7-11-22-16;/h7,9,11,14-15H,5-6,8,10,12-13H2,1-4H3,(H,18,19);1H. The van der Waals surface area contributed by atoms with Gasteiger partial charge in [-0.3, -0.25) is 4.99 Å². The van der Waals surface area contributed by atoms with E-state index in [-0.39, 0.29) is 24.0 Å². The average molecular weight is 450 g/mol. The van der Waals surface area contributed by atoms with Gasteiger partial charge < -0.3 is 15.1 Å². The predicted octanol–water partition coefficient (Wildman–Crippen LogP) is 3.67. The normalized spacial score (nSPS) is 20.3. The zero-order chi connectivity index (χ0) is 15.9. The van der Waals surface area contributed by atoms with Gasteiger partial charge in [-0.05, 0) is 51.2 Å². The van der Waals surface area contributed by atoms with E-state index in [0.29, 0.717) is 6.04 Å². The van der Waals surface area contributed by atoms with Crippen molar-refractivity contribution in [3.8, 4) is 0 Å². The number of hydrogen-bond acceptors (Lipinski definition) is 3. The Labute approximate surface area is 162 Å². The van der Waals surface area contributed by atoms with Gasteiger partial charge in [0.15, 0.2) is 5.96 Å². The molecule has 1 aliphatic heterocycles. The first-order valence-electron chi connectivity index (χ1n) is 8.35. The summed E-state index contributed by atoms with van der Waals surface area (Å²) in [7, 11) is 4.27. The van der Waals surface area contributed by atoms with Crippen LogP contribution in [0.5, 0.6) is 0 Å². The fourth-order valence-electron chi connectivity index (χ4n) is 2.97. The molecule has 0 aliphatic carbocycles. The van der Waals surface area contributed by atoms with E-state index in [1.807, 2.05) is 11.3 Å². The summed E-state index contributed by atoms with van der Waals surface area (Å²) >= 11 is 1.82. The maximum absolute atomic E-state index is 4.95. The van der Waals surface area contributed by atoms with Crippen molar-refractivity contribution >= 4 is 41.3 Å². The fraction of sp³-hybridized carbons (Fsp3) is 0.706. The lowest BCUT2D eigenvalue weighted by Crippen LogP contribution is -2.46. The van der Waals surface area contributed by atoms with Gasteiger partial charge in [0.05, 0.1) is 12.6 Å². The van der Waals surface area contributed by atoms with Crippen molar-refractivity contribution in [2.45, 2.75) is 32.7 Å². The SMILES string of the molecule is CCNC(=NCC(c1cccs1)N(C)C)N1CCCC(C)C1.I. The monoisotopic (exact) mass is 450 g/mol. The number of aliphatic imine (C=N–C) groups is 1. The van der Waals surface area contributed by atoms with Crippen molar-refractivity contribution in [3.63, 3.8) is 0 Å². The van der Waals surface area contributed by atoms with Crippen LogP contribution in [-0.2, 0) is 0 Å². The number of thiophene rings is 1. The number of likely N-dealkylation sites (tertiary alicyclic amines) is 1. The molecule has 1 aliphatic rings. The summed E-state index contributed by atoms with van der Waals surface area (Å²) in [6.45, 7) is 8.46. The number of halogens is 1. The highest BCUT2D eigenvalue weighted by Gasteiger charge is 2.20. The van der Waals surface area contributed by atoms with E-state index >= 15 is 0 Å². The maximum atomic E-state index is 4.95. The van der Waals surface area contributed by atoms with Crippen LogP contribution in [0.1, 0.15) is 37.6 Å². The molecule has 1 N–H and O–H groups in total. The van der Waals surface area contributed by atoms with Crippen LogP contribution in [0.15, 0.2) is 22.5 Å². The van der Waals surface area contributed by atoms with Crippen LogP contribution in [0, 0.1) is 5.92 Å². The predicted molar refractivity (Wildman–Crippen MR) is 112 cm³/mol. The van der Waals surface area contributed by atoms with Gasteiger partial charge in [-0.15, -0.1) is 35.3 Å². The Morgan fingerprint density at radius 2 is 2.30 bits per heavy atom. The molecule has 2 unspecified atom stereocenters. The molecule has 132 valence electrons. The van der Waals surface area contributed by atoms with Crippen LogP contribution in [-0.4, -0.2) is 56.0 Å². The summed E-state index contributed by atoms with van der Waals surface area (Å²) in [5.41, 5.74) is 0. The molecule has 4 nitrogen and oxygen atoms in total. The third kappa shape index (κ3) is 6.23. The summed E-state index contributed by atoms with van der Waals surface area (Å²) in [6.07, 6.45) is 2.61. The Kier molecular flexibility index (Phi) is 9.46. The van der Waals surface area contributed by atoms with E-state index in [0.717, 1.165) is 38.1 Å². The van der Waals surface area contributed by atoms with Crippen LogP contribution in [0.3, 0.4) is 0 Å². The van der Waals surface area contributed by atoms with E-state index in [4.69, 9.17) is 4.99 Å². The van der Waals surface area contributed by atoms with Crippen LogP contribution in [0.25, 0.3) is 0 Å². The number of piperidine rings is 1. The van der Waals surface area contributed by atoms with Gasteiger partial charge in [0.1, 0.15) is 0 Å². The molecule has 1 aromatic rings. The van der Waals surface area contributed by atoms with Gasteiger partial charge >= 0.3 is 0 Å². The smallest absolute Gasteiger partial charge is 0.193 e. The molecule has 0 spiro atoms. The lowest BCUT2D eigenvalue weighted by molar-refractivity contribution is 0.263. The molecular weight excluding hydrogens is 419 g/mol. The third-order valence-electron chi connectivity index (χ3n) is 4.20. The van der Waals surface area contributed by atoms with Gasteiger partial charge in [-0.25, -0.2) is 0 Å². The molecule has 1 fully saturated rings. The molecule has 2 heterocycles. The van der Waals surface area contributed by atoms with Crippen molar-refractivity contribution in [2.75, 3.05) is 40.3 Å². The van der Waals surface area contributed by atoms with E-state index in [1.165, 1.54) is 17.7 Å². The molecule has 1 saturated heterocycles. The zero-order valence-electron chi connectivity index (χ0n) is 14.8. The van der Waals surface area contributed by atoms with Gasteiger partial charge in [0.25, 0.3) is 0 Å². The summed E-state index contributed by atoms with van der Waals surface area (Å²) in [4.78, 5) is 11.0. The molecular formula is C17H31IN4S. The van der Waals surface area contributed by atoms with E-state index in [2.05, 4.69) is 60.6 Å². The van der Waals surface area contributed by atoms with Gasteiger partial charge in [0.2, 0.25) is 0 Å². The summed E-state index contributed by atoms with van der Waals surface area (Å²) in [5, 5.41) is 5.62. The molecule has 0 aromatic carbocycles. The first-order chi connectivity index (χ1) is 10.6. The number of guanidine groups is 1. The van der Waals surface area contributed by atoms with Crippen LogP contribution < -0.4 is 5.32 Å². The topological polar surface area (TPSA) is 30.9 Å². The Hall–Kier alpha value is -0.340. The summed E-state index contributed by atoms with van der Waals surface area (Å²) in [6, 6.07) is 4.69. The number of likely N-dealkylation sites (N-methyl/N-ethyl adjacent to an activating group) is 1. The van der Waals surface area contributed by atoms with Crippen LogP contribution >= 0.6 is 35.3 Å². The molecule has 2 atom stereocenters.